The van der Waals surface area contributed by atoms with Crippen molar-refractivity contribution in [2.24, 2.45) is 5.41 Å². The molecule has 1 fully saturated rings. The molecule has 0 spiro atoms. The first-order chi connectivity index (χ1) is 20.1. The highest BCUT2D eigenvalue weighted by Crippen LogP contribution is 2.36. The molecular weight excluding hydrogens is 532 g/mol. The predicted octanol–water partition coefficient (Wildman–Crippen LogP) is 5.19. The second-order valence-electron chi connectivity index (χ2n) is 11.8. The van der Waals surface area contributed by atoms with E-state index in [9.17, 15) is 19.5 Å². The quantitative estimate of drug-likeness (QED) is 0.314. The van der Waals surface area contributed by atoms with Gasteiger partial charge in [0.25, 0.3) is 0 Å². The van der Waals surface area contributed by atoms with Crippen molar-refractivity contribution in [2.45, 2.75) is 58.5 Å². The molecule has 1 aliphatic heterocycles. The molecule has 0 saturated carbocycles. The number of nitrogens with zero attached hydrogens (tertiary/aromatic N) is 2. The average Bonchev–Trinajstić information content (AvgIpc) is 3.33. The van der Waals surface area contributed by atoms with Crippen LogP contribution in [0, 0.1) is 5.41 Å². The molecule has 8 heteroatoms. The number of amides is 3. The number of carbonyl (C=O) groups is 3. The molecule has 1 saturated heterocycles. The van der Waals surface area contributed by atoms with Crippen LogP contribution in [0.3, 0.4) is 0 Å². The van der Waals surface area contributed by atoms with Gasteiger partial charge in [0.05, 0.1) is 13.2 Å². The number of cyclic esters (lactones) is 1. The second kappa shape index (κ2) is 13.6. The third kappa shape index (κ3) is 7.69. The standard InChI is InChI=1S/C34H40N2O6/c1-34(2,3)30(26-13-9-6-10-14-26)22-35(32(38)39)21-27-20-29(41-4)17-15-25(27)16-18-31(37)36-28(23-42-33(36)40)19-24-11-7-5-8-12-24/h5-15,17,20,28,30H,16,18-19,21-23H2,1-4H3,(H,38,39)/p-1/t28?,30-/m0/s1. The number of methoxy groups -OCH3 is 1. The Balaban J connectivity index is 1.51. The summed E-state index contributed by atoms with van der Waals surface area (Å²) in [7, 11) is 1.55. The lowest BCUT2D eigenvalue weighted by atomic mass is 9.76. The van der Waals surface area contributed by atoms with Crippen LogP contribution in [-0.4, -0.2) is 54.2 Å². The molecule has 0 N–H and O–H groups in total. The molecule has 0 aliphatic carbocycles. The number of carboxylic acid groups (broad SMARTS) is 1. The fourth-order valence-electron chi connectivity index (χ4n) is 5.48. The highest BCUT2D eigenvalue weighted by molar-refractivity contribution is 5.93. The number of carbonyl (C=O) groups excluding carboxylic acids is 3. The van der Waals surface area contributed by atoms with Crippen molar-refractivity contribution in [3.8, 4) is 5.75 Å². The Kier molecular flexibility index (Phi) is 9.88. The van der Waals surface area contributed by atoms with Gasteiger partial charge < -0.3 is 24.3 Å². The van der Waals surface area contributed by atoms with Crippen LogP contribution in [0.15, 0.2) is 78.9 Å². The molecule has 4 rings (SSSR count). The summed E-state index contributed by atoms with van der Waals surface area (Å²) >= 11 is 0. The highest BCUT2D eigenvalue weighted by atomic mass is 16.6. The first-order valence-corrected chi connectivity index (χ1v) is 14.3. The van der Waals surface area contributed by atoms with E-state index >= 15 is 0 Å². The molecule has 1 aliphatic rings. The number of benzene rings is 3. The van der Waals surface area contributed by atoms with E-state index in [1.165, 1.54) is 9.80 Å². The molecular formula is C34H39N2O6-. The maximum absolute atomic E-state index is 13.3. The van der Waals surface area contributed by atoms with E-state index in [-0.39, 0.29) is 49.4 Å². The lowest BCUT2D eigenvalue weighted by Crippen LogP contribution is -2.44. The van der Waals surface area contributed by atoms with Gasteiger partial charge in [0.1, 0.15) is 18.4 Å². The summed E-state index contributed by atoms with van der Waals surface area (Å²) < 4.78 is 10.7. The maximum Gasteiger partial charge on any atom is 0.416 e. The van der Waals surface area contributed by atoms with Crippen LogP contribution < -0.4 is 9.84 Å². The Hall–Kier alpha value is -4.33. The van der Waals surface area contributed by atoms with E-state index in [0.717, 1.165) is 22.3 Å². The van der Waals surface area contributed by atoms with Crippen molar-refractivity contribution in [2.75, 3.05) is 20.3 Å². The van der Waals surface area contributed by atoms with Crippen molar-refractivity contribution in [1.29, 1.82) is 0 Å². The van der Waals surface area contributed by atoms with Crippen molar-refractivity contribution < 1.29 is 29.0 Å². The summed E-state index contributed by atoms with van der Waals surface area (Å²) in [5.74, 6) is 0.184. The van der Waals surface area contributed by atoms with Gasteiger partial charge in [-0.05, 0) is 52.6 Å². The summed E-state index contributed by atoms with van der Waals surface area (Å²) in [6.45, 7) is 6.75. The summed E-state index contributed by atoms with van der Waals surface area (Å²) in [6, 6.07) is 24.6. The van der Waals surface area contributed by atoms with E-state index in [2.05, 4.69) is 20.8 Å². The van der Waals surface area contributed by atoms with E-state index in [1.54, 1.807) is 19.2 Å². The molecule has 42 heavy (non-hydrogen) atoms. The third-order valence-corrected chi connectivity index (χ3v) is 7.84. The summed E-state index contributed by atoms with van der Waals surface area (Å²) in [4.78, 5) is 40.7. The number of ether oxygens (including phenoxy) is 2. The van der Waals surface area contributed by atoms with E-state index in [1.807, 2.05) is 66.7 Å². The molecule has 1 heterocycles. The van der Waals surface area contributed by atoms with Gasteiger partial charge in [-0.2, -0.15) is 0 Å². The zero-order valence-electron chi connectivity index (χ0n) is 24.7. The van der Waals surface area contributed by atoms with E-state index < -0.39 is 12.2 Å². The first-order valence-electron chi connectivity index (χ1n) is 14.3. The van der Waals surface area contributed by atoms with Gasteiger partial charge in [0.2, 0.25) is 5.91 Å². The highest BCUT2D eigenvalue weighted by Gasteiger charge is 2.37. The van der Waals surface area contributed by atoms with Gasteiger partial charge >= 0.3 is 6.09 Å². The van der Waals surface area contributed by atoms with Crippen LogP contribution in [-0.2, 0) is 28.9 Å². The molecule has 0 radical (unpaired) electrons. The normalized spacial score (nSPS) is 15.7. The van der Waals surface area contributed by atoms with Crippen molar-refractivity contribution in [3.63, 3.8) is 0 Å². The van der Waals surface area contributed by atoms with Crippen LogP contribution >= 0.6 is 0 Å². The van der Waals surface area contributed by atoms with Gasteiger partial charge in [-0.25, -0.2) is 9.69 Å². The van der Waals surface area contributed by atoms with Crippen LogP contribution in [0.1, 0.15) is 55.4 Å². The van der Waals surface area contributed by atoms with Crippen LogP contribution in [0.5, 0.6) is 5.75 Å². The molecule has 3 aromatic rings. The minimum Gasteiger partial charge on any atom is -0.530 e. The van der Waals surface area contributed by atoms with Crippen LogP contribution in [0.25, 0.3) is 0 Å². The lowest BCUT2D eigenvalue weighted by molar-refractivity contribution is -0.266. The third-order valence-electron chi connectivity index (χ3n) is 7.84. The van der Waals surface area contributed by atoms with E-state index in [0.29, 0.717) is 18.6 Å². The summed E-state index contributed by atoms with van der Waals surface area (Å²) in [6.07, 6.45) is -0.993. The minimum atomic E-state index is -1.27. The fourth-order valence-corrected chi connectivity index (χ4v) is 5.48. The smallest absolute Gasteiger partial charge is 0.416 e. The van der Waals surface area contributed by atoms with Crippen molar-refractivity contribution in [1.82, 2.24) is 9.80 Å². The topological polar surface area (TPSA) is 99.2 Å². The first kappa shape index (κ1) is 30.6. The molecule has 3 amide bonds. The average molecular weight is 572 g/mol. The molecule has 3 aromatic carbocycles. The number of hydrogen-bond donors (Lipinski definition) is 0. The van der Waals surface area contributed by atoms with Crippen molar-refractivity contribution >= 4 is 18.1 Å². The Morgan fingerprint density at radius 1 is 1.02 bits per heavy atom. The van der Waals surface area contributed by atoms with Gasteiger partial charge in [-0.3, -0.25) is 4.79 Å². The number of hydrogen-bond acceptors (Lipinski definition) is 6. The Labute approximate surface area is 247 Å². The van der Waals surface area contributed by atoms with Gasteiger partial charge in [0.15, 0.2) is 0 Å². The maximum atomic E-state index is 13.3. The number of imide groups is 1. The summed E-state index contributed by atoms with van der Waals surface area (Å²) in [5.41, 5.74) is 3.38. The molecule has 0 bridgehead atoms. The van der Waals surface area contributed by atoms with Gasteiger partial charge in [-0.15, -0.1) is 0 Å². The summed E-state index contributed by atoms with van der Waals surface area (Å²) in [5, 5.41) is 12.4. The minimum absolute atomic E-state index is 0.0691. The largest absolute Gasteiger partial charge is 0.530 e. The monoisotopic (exact) mass is 571 g/mol. The van der Waals surface area contributed by atoms with Gasteiger partial charge in [-0.1, -0.05) is 87.5 Å². The predicted molar refractivity (Wildman–Crippen MR) is 158 cm³/mol. The zero-order valence-corrected chi connectivity index (χ0v) is 24.7. The Morgan fingerprint density at radius 2 is 1.69 bits per heavy atom. The van der Waals surface area contributed by atoms with E-state index in [4.69, 9.17) is 9.47 Å². The molecule has 2 atom stereocenters. The second-order valence-corrected chi connectivity index (χ2v) is 11.8. The molecule has 222 valence electrons. The van der Waals surface area contributed by atoms with Crippen molar-refractivity contribution in [3.05, 3.63) is 101 Å². The number of rotatable bonds is 11. The Morgan fingerprint density at radius 3 is 2.31 bits per heavy atom. The molecule has 1 unspecified atom stereocenters. The lowest BCUT2D eigenvalue weighted by Gasteiger charge is -2.37. The SMILES string of the molecule is COc1ccc(CCC(=O)N2C(=O)OCC2Cc2ccccc2)c(CN(C[C@@H](c2ccccc2)C(C)(C)C)C(=O)[O-])c1. The molecule has 0 aromatic heterocycles. The van der Waals surface area contributed by atoms with Gasteiger partial charge in [0, 0.05) is 25.4 Å². The Bertz CT molecular complexity index is 1370. The molecule has 8 nitrogen and oxygen atoms in total. The van der Waals surface area contributed by atoms with Crippen LogP contribution in [0.2, 0.25) is 0 Å². The van der Waals surface area contributed by atoms with Crippen LogP contribution in [0.4, 0.5) is 9.59 Å². The number of aryl methyl sites for hydroxylation is 1. The zero-order chi connectivity index (χ0) is 30.3. The fraction of sp³-hybridized carbons (Fsp3) is 0.382.